The molecule has 0 bridgehead atoms. The number of benzene rings is 2. The van der Waals surface area contributed by atoms with Gasteiger partial charge >= 0.3 is 11.9 Å². The van der Waals surface area contributed by atoms with Gasteiger partial charge in [0.1, 0.15) is 0 Å². The van der Waals surface area contributed by atoms with Crippen LogP contribution in [0.2, 0.25) is 0 Å². The summed E-state index contributed by atoms with van der Waals surface area (Å²) in [5.74, 6) is -0.808. The second kappa shape index (κ2) is 9.75. The predicted octanol–water partition coefficient (Wildman–Crippen LogP) is 2.79. The highest BCUT2D eigenvalue weighted by atomic mass is 19.4. The monoisotopic (exact) mass is 481 g/mol. The van der Waals surface area contributed by atoms with E-state index in [1.54, 1.807) is 54.9 Å². The fourth-order valence-corrected chi connectivity index (χ4v) is 3.28. The SMILES string of the molecule is O=C(NCc1ccncc1)c1nn(-c2ccccc2)c(=O)n(Cc2ccc(C(F)(F)F)cc2)c1=O. The zero-order chi connectivity index (χ0) is 25.0. The number of amides is 1. The Labute approximate surface area is 196 Å². The van der Waals surface area contributed by atoms with Crippen LogP contribution in [-0.4, -0.2) is 25.2 Å². The molecule has 2 heterocycles. The lowest BCUT2D eigenvalue weighted by molar-refractivity contribution is -0.137. The van der Waals surface area contributed by atoms with Crippen molar-refractivity contribution in [1.82, 2.24) is 24.6 Å². The van der Waals surface area contributed by atoms with E-state index < -0.39 is 34.6 Å². The lowest BCUT2D eigenvalue weighted by atomic mass is 10.1. The summed E-state index contributed by atoms with van der Waals surface area (Å²) in [7, 11) is 0. The third kappa shape index (κ3) is 5.35. The van der Waals surface area contributed by atoms with Crippen LogP contribution in [0, 0.1) is 0 Å². The molecule has 0 fully saturated rings. The van der Waals surface area contributed by atoms with Gasteiger partial charge in [0, 0.05) is 18.9 Å². The van der Waals surface area contributed by atoms with Gasteiger partial charge in [0.2, 0.25) is 5.69 Å². The van der Waals surface area contributed by atoms with Crippen LogP contribution in [0.1, 0.15) is 27.2 Å². The maximum absolute atomic E-state index is 13.1. The predicted molar refractivity (Wildman–Crippen MR) is 120 cm³/mol. The third-order valence-electron chi connectivity index (χ3n) is 5.10. The Morgan fingerprint density at radius 2 is 1.54 bits per heavy atom. The maximum atomic E-state index is 13.1. The average molecular weight is 481 g/mol. The Balaban J connectivity index is 1.74. The minimum Gasteiger partial charge on any atom is -0.346 e. The fraction of sp³-hybridized carbons (Fsp3) is 0.125. The Bertz CT molecular complexity index is 1450. The summed E-state index contributed by atoms with van der Waals surface area (Å²) in [5, 5.41) is 6.59. The van der Waals surface area contributed by atoms with E-state index in [0.29, 0.717) is 5.69 Å². The van der Waals surface area contributed by atoms with Crippen LogP contribution in [0.5, 0.6) is 0 Å². The third-order valence-corrected chi connectivity index (χ3v) is 5.10. The zero-order valence-corrected chi connectivity index (χ0v) is 18.1. The quantitative estimate of drug-likeness (QED) is 0.457. The van der Waals surface area contributed by atoms with Gasteiger partial charge in [-0.1, -0.05) is 30.3 Å². The first-order valence-corrected chi connectivity index (χ1v) is 10.4. The molecule has 178 valence electrons. The largest absolute Gasteiger partial charge is 0.416 e. The lowest BCUT2D eigenvalue weighted by Gasteiger charge is -2.13. The van der Waals surface area contributed by atoms with Crippen molar-refractivity contribution in [2.75, 3.05) is 0 Å². The fourth-order valence-electron chi connectivity index (χ4n) is 3.28. The zero-order valence-electron chi connectivity index (χ0n) is 18.1. The maximum Gasteiger partial charge on any atom is 0.416 e. The van der Waals surface area contributed by atoms with Crippen molar-refractivity contribution in [3.63, 3.8) is 0 Å². The highest BCUT2D eigenvalue weighted by molar-refractivity contribution is 5.91. The van der Waals surface area contributed by atoms with Gasteiger partial charge in [-0.15, -0.1) is 0 Å². The van der Waals surface area contributed by atoms with Gasteiger partial charge in [-0.2, -0.15) is 23.0 Å². The van der Waals surface area contributed by atoms with Gasteiger partial charge in [-0.25, -0.2) is 4.79 Å². The minimum atomic E-state index is -4.52. The number of nitrogens with one attached hydrogen (secondary N) is 1. The lowest BCUT2D eigenvalue weighted by Crippen LogP contribution is -2.46. The molecule has 0 saturated heterocycles. The van der Waals surface area contributed by atoms with Gasteiger partial charge in [0.25, 0.3) is 11.5 Å². The topological polar surface area (TPSA) is 98.9 Å². The number of rotatable bonds is 6. The van der Waals surface area contributed by atoms with Crippen LogP contribution in [0.4, 0.5) is 13.2 Å². The number of nitrogens with zero attached hydrogens (tertiary/aromatic N) is 4. The van der Waals surface area contributed by atoms with E-state index in [2.05, 4.69) is 15.4 Å². The van der Waals surface area contributed by atoms with Crippen LogP contribution in [-0.2, 0) is 19.3 Å². The normalized spacial score (nSPS) is 11.3. The van der Waals surface area contributed by atoms with Gasteiger partial charge in [0.05, 0.1) is 17.8 Å². The molecule has 35 heavy (non-hydrogen) atoms. The number of hydrogen-bond donors (Lipinski definition) is 1. The van der Waals surface area contributed by atoms with E-state index in [1.165, 1.54) is 12.1 Å². The molecular formula is C24H18F3N5O3. The number of pyridine rings is 1. The van der Waals surface area contributed by atoms with Crippen LogP contribution >= 0.6 is 0 Å². The molecular weight excluding hydrogens is 463 g/mol. The molecule has 0 unspecified atom stereocenters. The minimum absolute atomic E-state index is 0.0891. The van der Waals surface area contributed by atoms with E-state index in [4.69, 9.17) is 0 Å². The van der Waals surface area contributed by atoms with Gasteiger partial charge < -0.3 is 5.32 Å². The second-order valence-electron chi connectivity index (χ2n) is 7.50. The first-order valence-electron chi connectivity index (χ1n) is 10.4. The Morgan fingerprint density at radius 3 is 2.17 bits per heavy atom. The molecule has 0 atom stereocenters. The molecule has 1 N–H and O–H groups in total. The van der Waals surface area contributed by atoms with Gasteiger partial charge in [0.15, 0.2) is 0 Å². The number of carbonyl (C=O) groups is 1. The van der Waals surface area contributed by atoms with Crippen LogP contribution < -0.4 is 16.6 Å². The molecule has 0 aliphatic rings. The molecule has 0 aliphatic heterocycles. The van der Waals surface area contributed by atoms with E-state index in [-0.39, 0.29) is 18.7 Å². The highest BCUT2D eigenvalue weighted by Crippen LogP contribution is 2.29. The first kappa shape index (κ1) is 23.6. The number of alkyl halides is 3. The molecule has 2 aromatic carbocycles. The summed E-state index contributed by atoms with van der Waals surface area (Å²) in [6.45, 7) is -0.262. The molecule has 2 aromatic heterocycles. The Hall–Kier alpha value is -4.54. The molecule has 0 saturated carbocycles. The number of carbonyl (C=O) groups excluding carboxylic acids is 1. The Kier molecular flexibility index (Phi) is 6.58. The van der Waals surface area contributed by atoms with Crippen LogP contribution in [0.15, 0.2) is 88.7 Å². The molecule has 1 amide bonds. The summed E-state index contributed by atoms with van der Waals surface area (Å²) in [6.07, 6.45) is -1.43. The van der Waals surface area contributed by atoms with Crippen molar-refractivity contribution in [3.05, 3.63) is 122 Å². The van der Waals surface area contributed by atoms with Crippen molar-refractivity contribution in [2.24, 2.45) is 0 Å². The van der Waals surface area contributed by atoms with Crippen molar-refractivity contribution in [3.8, 4) is 5.69 Å². The standard InChI is InChI=1S/C24H18F3N5O3/c25-24(26,27)18-8-6-17(7-9-18)15-31-22(34)20(21(33)29-14-16-10-12-28-13-11-16)30-32(23(31)35)19-4-2-1-3-5-19/h1-13H,14-15H2,(H,29,33). The summed E-state index contributed by atoms with van der Waals surface area (Å²) >= 11 is 0. The molecule has 4 aromatic rings. The molecule has 8 nitrogen and oxygen atoms in total. The van der Waals surface area contributed by atoms with E-state index in [1.807, 2.05) is 0 Å². The van der Waals surface area contributed by atoms with Crippen LogP contribution in [0.25, 0.3) is 5.69 Å². The smallest absolute Gasteiger partial charge is 0.346 e. The molecule has 0 radical (unpaired) electrons. The van der Waals surface area contributed by atoms with Crippen molar-refractivity contribution >= 4 is 5.91 Å². The van der Waals surface area contributed by atoms with Gasteiger partial charge in [-0.3, -0.25) is 19.1 Å². The van der Waals surface area contributed by atoms with E-state index in [0.717, 1.165) is 26.9 Å². The summed E-state index contributed by atoms with van der Waals surface area (Å²) in [5.41, 5.74) is -1.89. The second-order valence-corrected chi connectivity index (χ2v) is 7.50. The van der Waals surface area contributed by atoms with Crippen molar-refractivity contribution < 1.29 is 18.0 Å². The van der Waals surface area contributed by atoms with Crippen molar-refractivity contribution in [2.45, 2.75) is 19.3 Å². The van der Waals surface area contributed by atoms with Crippen LogP contribution in [0.3, 0.4) is 0 Å². The van der Waals surface area contributed by atoms with Gasteiger partial charge in [-0.05, 0) is 47.5 Å². The van der Waals surface area contributed by atoms with E-state index >= 15 is 0 Å². The van der Waals surface area contributed by atoms with E-state index in [9.17, 15) is 27.6 Å². The number of halogens is 3. The summed E-state index contributed by atoms with van der Waals surface area (Å²) in [6, 6.07) is 15.6. The first-order chi connectivity index (χ1) is 16.7. The number of hydrogen-bond acceptors (Lipinski definition) is 5. The number of para-hydroxylation sites is 1. The molecule has 4 rings (SSSR count). The summed E-state index contributed by atoms with van der Waals surface area (Å²) < 4.78 is 40.3. The molecule has 0 spiro atoms. The number of aromatic nitrogens is 4. The average Bonchev–Trinajstić information content (AvgIpc) is 2.86. The molecule has 11 heteroatoms. The molecule has 0 aliphatic carbocycles. The summed E-state index contributed by atoms with van der Waals surface area (Å²) in [4.78, 5) is 43.0. The van der Waals surface area contributed by atoms with Crippen molar-refractivity contribution in [1.29, 1.82) is 0 Å². The Morgan fingerprint density at radius 1 is 0.886 bits per heavy atom. The highest BCUT2D eigenvalue weighted by Gasteiger charge is 2.30.